The van der Waals surface area contributed by atoms with Gasteiger partial charge in [-0.1, -0.05) is 54.9 Å². The average molecular weight is 467 g/mol. The van der Waals surface area contributed by atoms with Crippen molar-refractivity contribution in [2.45, 2.75) is 26.3 Å². The smallest absolute Gasteiger partial charge is 0.226 e. The molecular weight excluding hydrogens is 440 g/mol. The number of benzene rings is 2. The molecule has 1 amide bonds. The number of aromatic nitrogens is 1. The van der Waals surface area contributed by atoms with E-state index in [4.69, 9.17) is 28.5 Å². The lowest BCUT2D eigenvalue weighted by molar-refractivity contribution is -0.120. The average Bonchev–Trinajstić information content (AvgIpc) is 2.79. The molecule has 172 valence electrons. The molecule has 8 nitrogen and oxygen atoms in total. The van der Waals surface area contributed by atoms with E-state index < -0.39 is 0 Å². The number of hydrogen-bond donors (Lipinski definition) is 5. The first-order valence-corrected chi connectivity index (χ1v) is 10.9. The van der Waals surface area contributed by atoms with Crippen molar-refractivity contribution in [3.05, 3.63) is 81.9 Å². The number of amides is 1. The molecule has 0 saturated heterocycles. The molecule has 1 heterocycles. The van der Waals surface area contributed by atoms with Crippen molar-refractivity contribution in [3.63, 3.8) is 0 Å². The van der Waals surface area contributed by atoms with Crippen LogP contribution in [0, 0.1) is 5.41 Å². The highest BCUT2D eigenvalue weighted by molar-refractivity contribution is 6.33. The molecule has 9 heteroatoms. The Hall–Kier alpha value is -3.78. The summed E-state index contributed by atoms with van der Waals surface area (Å²) in [4.78, 5) is 17.2. The van der Waals surface area contributed by atoms with Gasteiger partial charge in [0.25, 0.3) is 0 Å². The van der Waals surface area contributed by atoms with Gasteiger partial charge >= 0.3 is 0 Å². The predicted octanol–water partition coefficient (Wildman–Crippen LogP) is 3.08. The van der Waals surface area contributed by atoms with Gasteiger partial charge in [0.2, 0.25) is 5.91 Å². The summed E-state index contributed by atoms with van der Waals surface area (Å²) in [6.45, 7) is 2.77. The van der Waals surface area contributed by atoms with Crippen molar-refractivity contribution < 1.29 is 10.0 Å². The van der Waals surface area contributed by atoms with Crippen LogP contribution in [-0.2, 0) is 17.8 Å². The van der Waals surface area contributed by atoms with Crippen molar-refractivity contribution in [1.82, 2.24) is 10.0 Å². The minimum atomic E-state index is -0.303. The third-order valence-electron chi connectivity index (χ3n) is 5.01. The number of nitrogens with one attached hydrogen (secondary N) is 2. The lowest BCUT2D eigenvalue weighted by Crippen LogP contribution is -2.30. The summed E-state index contributed by atoms with van der Waals surface area (Å²) in [6, 6.07) is 15.7. The zero-order valence-electron chi connectivity index (χ0n) is 18.3. The summed E-state index contributed by atoms with van der Waals surface area (Å²) in [6.07, 6.45) is 0.675. The summed E-state index contributed by atoms with van der Waals surface area (Å²) in [7, 11) is 0. The molecule has 0 atom stereocenters. The van der Waals surface area contributed by atoms with E-state index in [-0.39, 0.29) is 30.2 Å². The van der Waals surface area contributed by atoms with Crippen LogP contribution in [0.3, 0.4) is 0 Å². The first-order chi connectivity index (χ1) is 15.8. The number of anilines is 1. The first kappa shape index (κ1) is 23.9. The largest absolute Gasteiger partial charge is 0.427 e. The van der Waals surface area contributed by atoms with Gasteiger partial charge in [-0.25, -0.2) is 0 Å². The second-order valence-corrected chi connectivity index (χ2v) is 7.96. The van der Waals surface area contributed by atoms with Crippen LogP contribution >= 0.6 is 11.6 Å². The quantitative estimate of drug-likeness (QED) is 0.150. The number of carbonyl (C=O) groups excluding carboxylic acids is 1. The molecule has 0 unspecified atom stereocenters. The molecule has 33 heavy (non-hydrogen) atoms. The molecule has 0 bridgehead atoms. The maximum absolute atomic E-state index is 12.8. The van der Waals surface area contributed by atoms with E-state index in [0.29, 0.717) is 39.6 Å². The molecule has 2 aromatic carbocycles. The zero-order chi connectivity index (χ0) is 24.0. The van der Waals surface area contributed by atoms with Crippen molar-refractivity contribution in [1.29, 1.82) is 5.41 Å². The second kappa shape index (κ2) is 10.7. The van der Waals surface area contributed by atoms with Crippen LogP contribution in [-0.4, -0.2) is 28.2 Å². The third-order valence-corrected chi connectivity index (χ3v) is 5.31. The number of pyridine rings is 1. The summed E-state index contributed by atoms with van der Waals surface area (Å²) in [5.41, 5.74) is 15.2. The van der Waals surface area contributed by atoms with Gasteiger partial charge in [0.1, 0.15) is 5.84 Å². The summed E-state index contributed by atoms with van der Waals surface area (Å²) in [5.74, 6) is -0.320. The number of amidine groups is 1. The van der Waals surface area contributed by atoms with Crippen molar-refractivity contribution in [2.24, 2.45) is 10.7 Å². The number of nitrogen functional groups attached to an aromatic ring is 2. The van der Waals surface area contributed by atoms with Gasteiger partial charge in [-0.15, -0.1) is 0 Å². The monoisotopic (exact) mass is 466 g/mol. The Morgan fingerprint density at radius 3 is 2.58 bits per heavy atom. The number of rotatable bonds is 8. The molecule has 0 aliphatic heterocycles. The molecule has 0 aliphatic rings. The van der Waals surface area contributed by atoms with Crippen LogP contribution in [0.5, 0.6) is 0 Å². The van der Waals surface area contributed by atoms with E-state index in [2.05, 4.69) is 10.3 Å². The lowest BCUT2D eigenvalue weighted by Gasteiger charge is -2.16. The summed E-state index contributed by atoms with van der Waals surface area (Å²) >= 11 is 6.58. The minimum absolute atomic E-state index is 0.0163. The molecular formula is C24H27ClN6O2. The summed E-state index contributed by atoms with van der Waals surface area (Å²) < 4.78 is 0.918. The summed E-state index contributed by atoms with van der Waals surface area (Å²) in [5, 5.41) is 21.6. The van der Waals surface area contributed by atoms with Gasteiger partial charge in [-0.3, -0.25) is 15.2 Å². The fourth-order valence-corrected chi connectivity index (χ4v) is 3.66. The molecule has 3 rings (SSSR count). The molecule has 7 N–H and O–H groups in total. The topological polar surface area (TPSA) is 143 Å². The van der Waals surface area contributed by atoms with Gasteiger partial charge < -0.3 is 22.0 Å². The maximum Gasteiger partial charge on any atom is 0.226 e. The van der Waals surface area contributed by atoms with Crippen molar-refractivity contribution in [2.75, 3.05) is 12.3 Å². The minimum Gasteiger partial charge on any atom is -0.427 e. The number of hydrogen-bond acceptors (Lipinski definition) is 5. The fraction of sp³-hybridized carbons (Fsp3) is 0.208. The van der Waals surface area contributed by atoms with Gasteiger partial charge in [0.15, 0.2) is 5.49 Å². The zero-order valence-corrected chi connectivity index (χ0v) is 19.1. The Balaban J connectivity index is 1.91. The van der Waals surface area contributed by atoms with Gasteiger partial charge in [0.05, 0.1) is 17.1 Å². The molecule has 0 aliphatic carbocycles. The van der Waals surface area contributed by atoms with E-state index in [0.717, 1.165) is 16.7 Å². The van der Waals surface area contributed by atoms with Crippen LogP contribution in [0.4, 0.5) is 5.69 Å². The normalized spacial score (nSPS) is 11.4. The molecule has 0 fully saturated rings. The number of nitrogens with two attached hydrogens (primary N) is 2. The SMILES string of the molecule is CCCN=c1cc(Cl)c(-c2cccc(N)c2)c(CC(=O)NCc2ccc(C(=N)N)cc2)n1O. The van der Waals surface area contributed by atoms with Crippen LogP contribution < -0.4 is 22.3 Å². The Bertz CT molecular complexity index is 1230. The number of carbonyl (C=O) groups is 1. The van der Waals surface area contributed by atoms with Crippen LogP contribution in [0.2, 0.25) is 5.02 Å². The second-order valence-electron chi connectivity index (χ2n) is 7.56. The molecule has 3 aromatic rings. The van der Waals surface area contributed by atoms with Gasteiger partial charge in [-0.05, 0) is 29.7 Å². The Labute approximate surface area is 197 Å². The van der Waals surface area contributed by atoms with Gasteiger partial charge in [0, 0.05) is 36.0 Å². The Morgan fingerprint density at radius 1 is 1.21 bits per heavy atom. The highest BCUT2D eigenvalue weighted by Crippen LogP contribution is 2.31. The number of nitrogens with zero attached hydrogens (tertiary/aromatic N) is 2. The Morgan fingerprint density at radius 2 is 1.94 bits per heavy atom. The number of halogens is 1. The van der Waals surface area contributed by atoms with Crippen LogP contribution in [0.15, 0.2) is 59.6 Å². The highest BCUT2D eigenvalue weighted by atomic mass is 35.5. The van der Waals surface area contributed by atoms with E-state index >= 15 is 0 Å². The predicted molar refractivity (Wildman–Crippen MR) is 130 cm³/mol. The molecule has 0 radical (unpaired) electrons. The van der Waals surface area contributed by atoms with Gasteiger partial charge in [-0.2, -0.15) is 4.73 Å². The standard InChI is InChI=1S/C24H27ClN6O2/c1-2-10-29-21-12-19(25)23(17-4-3-5-18(26)11-17)20(31(21)33)13-22(32)30-14-15-6-8-16(9-7-15)24(27)28/h3-9,11-12,33H,2,10,13-14,26H2,1H3,(H3,27,28)(H,30,32). The van der Waals surface area contributed by atoms with Crippen LogP contribution in [0.25, 0.3) is 11.1 Å². The first-order valence-electron chi connectivity index (χ1n) is 10.5. The van der Waals surface area contributed by atoms with Crippen LogP contribution in [0.1, 0.15) is 30.2 Å². The fourth-order valence-electron chi connectivity index (χ4n) is 3.35. The van der Waals surface area contributed by atoms with E-state index in [9.17, 15) is 10.0 Å². The van der Waals surface area contributed by atoms with Crippen molar-refractivity contribution >= 4 is 29.0 Å². The van der Waals surface area contributed by atoms with E-state index in [1.54, 1.807) is 48.5 Å². The highest BCUT2D eigenvalue weighted by Gasteiger charge is 2.19. The van der Waals surface area contributed by atoms with E-state index in [1.165, 1.54) is 0 Å². The lowest BCUT2D eigenvalue weighted by atomic mass is 10.0. The maximum atomic E-state index is 12.8. The Kier molecular flexibility index (Phi) is 7.74. The third kappa shape index (κ3) is 5.93. The molecule has 0 spiro atoms. The molecule has 1 aromatic heterocycles. The molecule has 0 saturated carbocycles. The van der Waals surface area contributed by atoms with Crippen molar-refractivity contribution in [3.8, 4) is 11.1 Å². The van der Waals surface area contributed by atoms with E-state index in [1.807, 2.05) is 13.0 Å².